The number of hydrogen-bond acceptors (Lipinski definition) is 6. The monoisotopic (exact) mass is 563 g/mol. The minimum Gasteiger partial charge on any atom is -0.413 e. The Kier molecular flexibility index (Phi) is 8.67. The van der Waals surface area contributed by atoms with E-state index in [1.54, 1.807) is 6.20 Å². The lowest BCUT2D eigenvalue weighted by atomic mass is 9.85. The molecule has 0 radical (unpaired) electrons. The van der Waals surface area contributed by atoms with Crippen LogP contribution in [0.2, 0.25) is 23.2 Å². The Morgan fingerprint density at radius 2 is 1.97 bits per heavy atom. The molecule has 184 valence electrons. The van der Waals surface area contributed by atoms with Gasteiger partial charge < -0.3 is 15.1 Å². The van der Waals surface area contributed by atoms with E-state index in [2.05, 4.69) is 95.5 Å². The average molecular weight is 565 g/mol. The summed E-state index contributed by atoms with van der Waals surface area (Å²) < 4.78 is 7.51. The second-order valence-corrected chi connectivity index (χ2v) is 16.6. The Bertz CT molecular complexity index is 1070. The summed E-state index contributed by atoms with van der Waals surface area (Å²) in [7, 11) is -1.88. The van der Waals surface area contributed by atoms with Gasteiger partial charge in [-0.05, 0) is 61.2 Å². The van der Waals surface area contributed by atoms with Crippen LogP contribution in [-0.2, 0) is 11.0 Å². The largest absolute Gasteiger partial charge is 0.413 e. The topological polar surface area (TPSA) is 82.9 Å². The van der Waals surface area contributed by atoms with Crippen LogP contribution in [-0.4, -0.2) is 24.3 Å². The van der Waals surface area contributed by atoms with Gasteiger partial charge in [0.05, 0.1) is 24.8 Å². The highest BCUT2D eigenvalue weighted by molar-refractivity contribution is 9.10. The van der Waals surface area contributed by atoms with E-state index in [1.807, 2.05) is 0 Å². The second kappa shape index (κ2) is 10.9. The molecule has 0 bridgehead atoms. The van der Waals surface area contributed by atoms with Crippen molar-refractivity contribution in [3.8, 4) is 6.07 Å². The van der Waals surface area contributed by atoms with E-state index >= 15 is 0 Å². The molecule has 1 heterocycles. The van der Waals surface area contributed by atoms with Crippen molar-refractivity contribution in [1.29, 1.82) is 5.26 Å². The first-order valence-corrected chi connectivity index (χ1v) is 15.9. The van der Waals surface area contributed by atoms with Crippen LogP contribution in [0.5, 0.6) is 0 Å². The summed E-state index contributed by atoms with van der Waals surface area (Å²) in [6.45, 7) is 13.8. The van der Waals surface area contributed by atoms with Crippen LogP contribution < -0.4 is 10.6 Å². The van der Waals surface area contributed by atoms with Gasteiger partial charge in [0.15, 0.2) is 14.1 Å². The maximum absolute atomic E-state index is 9.49. The lowest BCUT2D eigenvalue weighted by Gasteiger charge is -2.36. The Balaban J connectivity index is 1.79. The first-order valence-electron chi connectivity index (χ1n) is 11.8. The van der Waals surface area contributed by atoms with Gasteiger partial charge in [0, 0.05) is 16.2 Å². The number of nitriles is 1. The summed E-state index contributed by atoms with van der Waals surface area (Å²) in [5.74, 6) is 0.976. The molecule has 2 unspecified atom stereocenters. The molecule has 1 fully saturated rings. The Morgan fingerprint density at radius 3 is 2.65 bits per heavy atom. The molecule has 3 rings (SSSR count). The van der Waals surface area contributed by atoms with Crippen LogP contribution in [0.25, 0.3) is 0 Å². The molecule has 9 heteroatoms. The molecule has 0 amide bonds. The first kappa shape index (κ1) is 26.9. The number of nitrogens with one attached hydrogen (secondary N) is 2. The fourth-order valence-corrected chi connectivity index (χ4v) is 5.22. The molecule has 2 atom stereocenters. The minimum atomic E-state index is -1.88. The molecule has 34 heavy (non-hydrogen) atoms. The van der Waals surface area contributed by atoms with E-state index in [-0.39, 0.29) is 17.0 Å². The summed E-state index contributed by atoms with van der Waals surface area (Å²) in [6.07, 6.45) is 5.62. The number of aromatic nitrogens is 2. The van der Waals surface area contributed by atoms with Crippen molar-refractivity contribution in [2.45, 2.75) is 84.2 Å². The van der Waals surface area contributed by atoms with E-state index in [1.165, 1.54) is 0 Å². The third kappa shape index (κ3) is 6.51. The lowest BCUT2D eigenvalue weighted by molar-refractivity contribution is 0.275. The van der Waals surface area contributed by atoms with Crippen molar-refractivity contribution in [2.75, 3.05) is 10.6 Å². The number of halogens is 2. The number of anilines is 3. The number of benzene rings is 1. The first-order chi connectivity index (χ1) is 15.9. The predicted molar refractivity (Wildman–Crippen MR) is 146 cm³/mol. The van der Waals surface area contributed by atoms with Gasteiger partial charge in [-0.1, -0.05) is 61.1 Å². The van der Waals surface area contributed by atoms with Crippen molar-refractivity contribution in [3.05, 3.63) is 39.0 Å². The quantitative estimate of drug-likeness (QED) is 0.332. The summed E-state index contributed by atoms with van der Waals surface area (Å²) in [5, 5.41) is 16.8. The smallest absolute Gasteiger partial charge is 0.229 e. The average Bonchev–Trinajstić information content (AvgIpc) is 2.77. The Morgan fingerprint density at radius 1 is 1.26 bits per heavy atom. The summed E-state index contributed by atoms with van der Waals surface area (Å²) in [4.78, 5) is 8.99. The highest BCUT2D eigenvalue weighted by Crippen LogP contribution is 2.38. The molecule has 2 aromatic rings. The van der Waals surface area contributed by atoms with Gasteiger partial charge >= 0.3 is 0 Å². The van der Waals surface area contributed by atoms with E-state index < -0.39 is 8.32 Å². The lowest BCUT2D eigenvalue weighted by Crippen LogP contribution is -2.40. The van der Waals surface area contributed by atoms with Gasteiger partial charge in [0.1, 0.15) is 5.02 Å². The molecule has 2 N–H and O–H groups in total. The third-order valence-electron chi connectivity index (χ3n) is 6.98. The molecule has 0 saturated heterocycles. The molecule has 1 aromatic heterocycles. The van der Waals surface area contributed by atoms with E-state index in [9.17, 15) is 5.26 Å². The van der Waals surface area contributed by atoms with Crippen molar-refractivity contribution < 1.29 is 4.43 Å². The van der Waals surface area contributed by atoms with Gasteiger partial charge in [0.25, 0.3) is 0 Å². The standard InChI is InChI=1S/C25H35BrClN5OSi/c1-16-11-19(12-18(22(16)26)15-33-34(5,6)25(2,3)4)30-24-29-14-20(27)23(32-24)31-21-10-8-7-9-17(21)13-28/h11-12,14,17,21H,7-10,15H2,1-6H3,(H2,29,30,31,32). The van der Waals surface area contributed by atoms with Gasteiger partial charge in [-0.15, -0.1) is 0 Å². The highest BCUT2D eigenvalue weighted by Gasteiger charge is 2.37. The fourth-order valence-electron chi connectivity index (χ4n) is 3.79. The van der Waals surface area contributed by atoms with Crippen molar-refractivity contribution in [1.82, 2.24) is 9.97 Å². The zero-order valence-corrected chi connectivity index (χ0v) is 24.3. The normalized spacial score (nSPS) is 18.9. The molecule has 6 nitrogen and oxygen atoms in total. The van der Waals surface area contributed by atoms with Crippen LogP contribution in [0, 0.1) is 24.2 Å². The molecule has 1 aliphatic carbocycles. The SMILES string of the molecule is Cc1cc(Nc2ncc(Cl)c(NC3CCCCC3C#N)n2)cc(CO[Si](C)(C)C(C)(C)C)c1Br. The maximum atomic E-state index is 9.49. The molecule has 1 saturated carbocycles. The number of nitrogens with zero attached hydrogens (tertiary/aromatic N) is 3. The zero-order valence-electron chi connectivity index (χ0n) is 20.9. The molecule has 1 aromatic carbocycles. The summed E-state index contributed by atoms with van der Waals surface area (Å²) >= 11 is 10.1. The molecular weight excluding hydrogens is 530 g/mol. The van der Waals surface area contributed by atoms with Crippen LogP contribution >= 0.6 is 27.5 Å². The van der Waals surface area contributed by atoms with Crippen LogP contribution in [0.15, 0.2) is 22.8 Å². The Labute approximate surface area is 218 Å². The molecule has 0 aliphatic heterocycles. The van der Waals surface area contributed by atoms with Crippen molar-refractivity contribution >= 4 is 53.3 Å². The van der Waals surface area contributed by atoms with Crippen LogP contribution in [0.4, 0.5) is 17.5 Å². The highest BCUT2D eigenvalue weighted by atomic mass is 79.9. The van der Waals surface area contributed by atoms with Gasteiger partial charge in [0.2, 0.25) is 5.95 Å². The maximum Gasteiger partial charge on any atom is 0.229 e. The molecular formula is C25H35BrClN5OSi. The van der Waals surface area contributed by atoms with Crippen molar-refractivity contribution in [3.63, 3.8) is 0 Å². The number of rotatable bonds is 7. The minimum absolute atomic E-state index is 0.0335. The van der Waals surface area contributed by atoms with Gasteiger partial charge in [-0.3, -0.25) is 0 Å². The van der Waals surface area contributed by atoms with Crippen molar-refractivity contribution in [2.24, 2.45) is 5.92 Å². The van der Waals surface area contributed by atoms with E-state index in [0.717, 1.165) is 47.0 Å². The molecule has 1 aliphatic rings. The second-order valence-electron chi connectivity index (χ2n) is 10.6. The van der Waals surface area contributed by atoms with Crippen LogP contribution in [0.3, 0.4) is 0 Å². The van der Waals surface area contributed by atoms with E-state index in [0.29, 0.717) is 23.4 Å². The van der Waals surface area contributed by atoms with Gasteiger partial charge in [-0.25, -0.2) is 4.98 Å². The number of aryl methyl sites for hydroxylation is 1. The zero-order chi connectivity index (χ0) is 25.1. The summed E-state index contributed by atoms with van der Waals surface area (Å²) in [5.41, 5.74) is 3.07. The Hall–Kier alpha value is -1.66. The predicted octanol–water partition coefficient (Wildman–Crippen LogP) is 7.96. The fraction of sp³-hybridized carbons (Fsp3) is 0.560. The summed E-state index contributed by atoms with van der Waals surface area (Å²) in [6, 6.07) is 6.59. The van der Waals surface area contributed by atoms with Crippen LogP contribution in [0.1, 0.15) is 57.6 Å². The van der Waals surface area contributed by atoms with Gasteiger partial charge in [-0.2, -0.15) is 10.2 Å². The third-order valence-corrected chi connectivity index (χ3v) is 12.9. The van der Waals surface area contributed by atoms with E-state index in [4.69, 9.17) is 16.0 Å². The number of hydrogen-bond donors (Lipinski definition) is 2. The molecule has 0 spiro atoms.